The summed E-state index contributed by atoms with van der Waals surface area (Å²) < 4.78 is 0. The van der Waals surface area contributed by atoms with E-state index in [0.717, 1.165) is 23.7 Å². The van der Waals surface area contributed by atoms with Gasteiger partial charge in [-0.15, -0.1) is 0 Å². The molecule has 7 aromatic carbocycles. The first-order valence-corrected chi connectivity index (χ1v) is 19.0. The fourth-order valence-corrected chi connectivity index (χ4v) is 11.6. The number of hydrogen-bond acceptors (Lipinski definition) is 1. The van der Waals surface area contributed by atoms with E-state index in [4.69, 9.17) is 0 Å². The Morgan fingerprint density at radius 1 is 0.431 bits per heavy atom. The standard InChI is InChI=1S/C50H41N/c1-2-13-36(14-3-1)43-20-7-9-25-47(43)51(40-18-10-17-37(32-40)42-22-11-16-35-15-4-5-19-41(35)42)48-26-12-24-46-49(48)44-21-6-8-23-45(44)50(46)38-28-33-27-34(30-38)31-39(50)29-33/h1-26,32-34,38-39H,27-31H2. The molecule has 4 bridgehead atoms. The minimum absolute atomic E-state index is 0.116. The molecule has 1 nitrogen and oxygen atoms in total. The topological polar surface area (TPSA) is 3.24 Å². The maximum atomic E-state index is 2.58. The zero-order valence-electron chi connectivity index (χ0n) is 28.9. The smallest absolute Gasteiger partial charge is 0.0543 e. The van der Waals surface area contributed by atoms with E-state index in [0.29, 0.717) is 0 Å². The van der Waals surface area contributed by atoms with E-state index in [1.807, 2.05) is 0 Å². The molecule has 0 heterocycles. The van der Waals surface area contributed by atoms with Crippen LogP contribution in [-0.4, -0.2) is 0 Å². The zero-order chi connectivity index (χ0) is 33.5. The van der Waals surface area contributed by atoms with Crippen LogP contribution >= 0.6 is 0 Å². The molecule has 1 heteroatoms. The van der Waals surface area contributed by atoms with Crippen LogP contribution in [0.3, 0.4) is 0 Å². The van der Waals surface area contributed by atoms with Crippen LogP contribution in [0.5, 0.6) is 0 Å². The molecular weight excluding hydrogens is 615 g/mol. The Kier molecular flexibility index (Phi) is 6.50. The van der Waals surface area contributed by atoms with Crippen LogP contribution in [-0.2, 0) is 5.41 Å². The van der Waals surface area contributed by atoms with Crippen molar-refractivity contribution in [2.75, 3.05) is 4.90 Å². The van der Waals surface area contributed by atoms with Crippen molar-refractivity contribution in [1.29, 1.82) is 0 Å². The minimum atomic E-state index is 0.116. The number of para-hydroxylation sites is 1. The van der Waals surface area contributed by atoms with Gasteiger partial charge in [-0.05, 0) is 124 Å². The van der Waals surface area contributed by atoms with E-state index in [1.54, 1.807) is 11.1 Å². The first kappa shape index (κ1) is 29.3. The van der Waals surface area contributed by atoms with Gasteiger partial charge in [0.1, 0.15) is 0 Å². The Balaban J connectivity index is 1.18. The summed E-state index contributed by atoms with van der Waals surface area (Å²) in [5.74, 6) is 3.30. The maximum absolute atomic E-state index is 2.58. The molecule has 0 saturated heterocycles. The van der Waals surface area contributed by atoms with Gasteiger partial charge < -0.3 is 4.90 Å². The number of fused-ring (bicyclic) bond motifs is 4. The van der Waals surface area contributed by atoms with Crippen LogP contribution < -0.4 is 4.90 Å². The van der Waals surface area contributed by atoms with Gasteiger partial charge in [0.15, 0.2) is 0 Å². The van der Waals surface area contributed by atoms with Gasteiger partial charge in [0, 0.05) is 22.2 Å². The molecule has 0 aliphatic heterocycles. The quantitative estimate of drug-likeness (QED) is 0.178. The first-order valence-electron chi connectivity index (χ1n) is 19.0. The predicted octanol–water partition coefficient (Wildman–Crippen LogP) is 13.4. The van der Waals surface area contributed by atoms with Gasteiger partial charge in [0.25, 0.3) is 0 Å². The third kappa shape index (κ3) is 4.27. The molecule has 7 aromatic rings. The average molecular weight is 656 g/mol. The summed E-state index contributed by atoms with van der Waals surface area (Å²) in [6.45, 7) is 0. The number of nitrogens with zero attached hydrogens (tertiary/aromatic N) is 1. The lowest BCUT2D eigenvalue weighted by Crippen LogP contribution is -2.55. The SMILES string of the molecule is c1ccc(-c2ccccc2N(c2cccc(-c3cccc4ccccc34)c2)c2cccc3c2-c2ccccc2C32C3CC4CC(C3)CC2C4)cc1. The Labute approximate surface area is 301 Å². The Bertz CT molecular complexity index is 2420. The van der Waals surface area contributed by atoms with Gasteiger partial charge in [0.05, 0.1) is 11.4 Å². The fourth-order valence-electron chi connectivity index (χ4n) is 11.6. The summed E-state index contributed by atoms with van der Waals surface area (Å²) in [5.41, 5.74) is 14.8. The van der Waals surface area contributed by atoms with Gasteiger partial charge in [-0.2, -0.15) is 0 Å². The summed E-state index contributed by atoms with van der Waals surface area (Å²) >= 11 is 0. The molecule has 0 radical (unpaired) electrons. The van der Waals surface area contributed by atoms with Gasteiger partial charge >= 0.3 is 0 Å². The van der Waals surface area contributed by atoms with Gasteiger partial charge in [-0.1, -0.05) is 140 Å². The predicted molar refractivity (Wildman–Crippen MR) is 213 cm³/mol. The second-order valence-corrected chi connectivity index (χ2v) is 15.7. The number of rotatable bonds is 5. The molecule has 5 aliphatic carbocycles. The lowest BCUT2D eigenvalue weighted by atomic mass is 9.43. The normalized spacial score (nSPS) is 23.8. The molecule has 0 aromatic heterocycles. The molecule has 4 saturated carbocycles. The highest BCUT2D eigenvalue weighted by atomic mass is 15.1. The summed E-state index contributed by atoms with van der Waals surface area (Å²) in [6, 6.07) is 61.5. The maximum Gasteiger partial charge on any atom is 0.0543 e. The van der Waals surface area contributed by atoms with E-state index < -0.39 is 0 Å². The summed E-state index contributed by atoms with van der Waals surface area (Å²) in [7, 11) is 0. The van der Waals surface area contributed by atoms with Crippen molar-refractivity contribution in [3.8, 4) is 33.4 Å². The number of hydrogen-bond donors (Lipinski definition) is 0. The largest absolute Gasteiger partial charge is 0.309 e. The Hall–Kier alpha value is -5.40. The van der Waals surface area contributed by atoms with Crippen molar-refractivity contribution < 1.29 is 0 Å². The second kappa shape index (κ2) is 11.3. The lowest BCUT2D eigenvalue weighted by molar-refractivity contribution is -0.0399. The van der Waals surface area contributed by atoms with E-state index in [2.05, 4.69) is 169 Å². The summed E-state index contributed by atoms with van der Waals surface area (Å²) in [4.78, 5) is 2.58. The molecule has 0 amide bonds. The van der Waals surface area contributed by atoms with Gasteiger partial charge in [-0.25, -0.2) is 0 Å². The molecule has 12 rings (SSSR count). The highest BCUT2D eigenvalue weighted by molar-refractivity contribution is 6.00. The molecule has 0 N–H and O–H groups in total. The van der Waals surface area contributed by atoms with Crippen molar-refractivity contribution in [2.45, 2.75) is 37.5 Å². The van der Waals surface area contributed by atoms with E-state index in [1.165, 1.54) is 93.3 Å². The van der Waals surface area contributed by atoms with Crippen LogP contribution in [0.25, 0.3) is 44.2 Å². The van der Waals surface area contributed by atoms with Crippen molar-refractivity contribution in [3.05, 3.63) is 175 Å². The molecule has 51 heavy (non-hydrogen) atoms. The number of anilines is 3. The molecule has 1 spiro atoms. The molecular formula is C50H41N. The van der Waals surface area contributed by atoms with Crippen LogP contribution in [0.1, 0.15) is 43.2 Å². The summed E-state index contributed by atoms with van der Waals surface area (Å²) in [6.07, 6.45) is 7.02. The third-order valence-electron chi connectivity index (χ3n) is 13.2. The monoisotopic (exact) mass is 655 g/mol. The van der Waals surface area contributed by atoms with Crippen molar-refractivity contribution >= 4 is 27.8 Å². The zero-order valence-corrected chi connectivity index (χ0v) is 28.9. The fraction of sp³-hybridized carbons (Fsp3) is 0.200. The summed E-state index contributed by atoms with van der Waals surface area (Å²) in [5, 5.41) is 2.55. The molecule has 5 aliphatic rings. The highest BCUT2D eigenvalue weighted by Crippen LogP contribution is 2.70. The van der Waals surface area contributed by atoms with Crippen LogP contribution in [0.2, 0.25) is 0 Å². The van der Waals surface area contributed by atoms with Gasteiger partial charge in [-0.3, -0.25) is 0 Å². The minimum Gasteiger partial charge on any atom is -0.309 e. The molecule has 0 atom stereocenters. The Morgan fingerprint density at radius 2 is 1.02 bits per heavy atom. The highest BCUT2D eigenvalue weighted by Gasteiger charge is 2.61. The van der Waals surface area contributed by atoms with E-state index in [9.17, 15) is 0 Å². The second-order valence-electron chi connectivity index (χ2n) is 15.7. The van der Waals surface area contributed by atoms with Gasteiger partial charge in [0.2, 0.25) is 0 Å². The molecule has 0 unspecified atom stereocenters. The van der Waals surface area contributed by atoms with E-state index in [-0.39, 0.29) is 5.41 Å². The Morgan fingerprint density at radius 3 is 1.86 bits per heavy atom. The first-order chi connectivity index (χ1) is 25.3. The van der Waals surface area contributed by atoms with Crippen molar-refractivity contribution in [2.24, 2.45) is 23.7 Å². The van der Waals surface area contributed by atoms with E-state index >= 15 is 0 Å². The lowest BCUT2D eigenvalue weighted by Gasteiger charge is -2.61. The average Bonchev–Trinajstić information content (AvgIpc) is 3.49. The number of benzene rings is 7. The third-order valence-corrected chi connectivity index (χ3v) is 13.2. The van der Waals surface area contributed by atoms with Crippen LogP contribution in [0.15, 0.2) is 164 Å². The van der Waals surface area contributed by atoms with Crippen LogP contribution in [0, 0.1) is 23.7 Å². The van der Waals surface area contributed by atoms with Crippen molar-refractivity contribution in [3.63, 3.8) is 0 Å². The molecule has 246 valence electrons. The van der Waals surface area contributed by atoms with Crippen molar-refractivity contribution in [1.82, 2.24) is 0 Å². The molecule has 4 fully saturated rings. The van der Waals surface area contributed by atoms with Crippen LogP contribution in [0.4, 0.5) is 17.1 Å².